The first-order chi connectivity index (χ1) is 9.38. The van der Waals surface area contributed by atoms with Crippen LogP contribution in [0.3, 0.4) is 0 Å². The van der Waals surface area contributed by atoms with Crippen LogP contribution in [0, 0.1) is 5.92 Å². The van der Waals surface area contributed by atoms with E-state index in [9.17, 15) is 18.3 Å². The van der Waals surface area contributed by atoms with E-state index in [1.165, 1.54) is 12.1 Å². The van der Waals surface area contributed by atoms with Gasteiger partial charge in [0, 0.05) is 6.26 Å². The van der Waals surface area contributed by atoms with Crippen LogP contribution < -0.4 is 0 Å². The second-order valence-corrected chi connectivity index (χ2v) is 7.24. The van der Waals surface area contributed by atoms with Crippen molar-refractivity contribution in [2.45, 2.75) is 30.6 Å². The lowest BCUT2D eigenvalue weighted by Crippen LogP contribution is -2.03. The maximum atomic E-state index is 11.4. The third kappa shape index (κ3) is 3.48. The Bertz CT molecular complexity index is 620. The minimum absolute atomic E-state index is 0.201. The van der Waals surface area contributed by atoms with E-state index in [0.29, 0.717) is 11.5 Å². The van der Waals surface area contributed by atoms with Gasteiger partial charge in [0.25, 0.3) is 0 Å². The number of sulfone groups is 1. The molecule has 0 saturated heterocycles. The second kappa shape index (κ2) is 5.79. The maximum absolute atomic E-state index is 11.4. The average Bonchev–Trinajstić information content (AvgIpc) is 2.87. The standard InChI is InChI=1S/C15H18O4S/c1-20(18,19)13-8-6-12(7-9-13)14(15(16)17)10-11-4-2-3-5-11/h6-11H,2-5H2,1H3,(H,16,17). The highest BCUT2D eigenvalue weighted by molar-refractivity contribution is 7.90. The first-order valence-electron chi connectivity index (χ1n) is 6.63. The Morgan fingerprint density at radius 1 is 1.20 bits per heavy atom. The lowest BCUT2D eigenvalue weighted by molar-refractivity contribution is -0.130. The number of allylic oxidation sites excluding steroid dienone is 1. The van der Waals surface area contributed by atoms with Crippen LogP contribution in [-0.4, -0.2) is 25.7 Å². The van der Waals surface area contributed by atoms with Crippen molar-refractivity contribution in [1.82, 2.24) is 0 Å². The average molecular weight is 294 g/mol. The fourth-order valence-corrected chi connectivity index (χ4v) is 3.16. The number of aliphatic carboxylic acids is 1. The minimum atomic E-state index is -3.25. The number of hydrogen-bond donors (Lipinski definition) is 1. The summed E-state index contributed by atoms with van der Waals surface area (Å²) < 4.78 is 22.8. The van der Waals surface area contributed by atoms with Crippen molar-refractivity contribution in [3.63, 3.8) is 0 Å². The summed E-state index contributed by atoms with van der Waals surface area (Å²) in [6.07, 6.45) is 7.28. The quantitative estimate of drug-likeness (QED) is 0.867. The molecule has 4 nitrogen and oxygen atoms in total. The van der Waals surface area contributed by atoms with E-state index in [2.05, 4.69) is 0 Å². The lowest BCUT2D eigenvalue weighted by Gasteiger charge is -2.08. The van der Waals surface area contributed by atoms with Gasteiger partial charge in [-0.2, -0.15) is 0 Å². The van der Waals surface area contributed by atoms with Gasteiger partial charge in [-0.1, -0.05) is 31.1 Å². The second-order valence-electron chi connectivity index (χ2n) is 5.23. The van der Waals surface area contributed by atoms with E-state index < -0.39 is 15.8 Å². The molecule has 1 N–H and O–H groups in total. The zero-order valence-electron chi connectivity index (χ0n) is 11.4. The van der Waals surface area contributed by atoms with Gasteiger partial charge < -0.3 is 5.11 Å². The van der Waals surface area contributed by atoms with Crippen LogP contribution in [0.1, 0.15) is 31.2 Å². The van der Waals surface area contributed by atoms with Gasteiger partial charge in [0.15, 0.2) is 9.84 Å². The predicted molar refractivity (Wildman–Crippen MR) is 77.1 cm³/mol. The molecule has 5 heteroatoms. The van der Waals surface area contributed by atoms with Gasteiger partial charge >= 0.3 is 5.97 Å². The van der Waals surface area contributed by atoms with Crippen LogP contribution in [0.5, 0.6) is 0 Å². The molecule has 1 aliphatic rings. The van der Waals surface area contributed by atoms with Gasteiger partial charge in [-0.3, -0.25) is 0 Å². The van der Waals surface area contributed by atoms with Crippen LogP contribution in [-0.2, 0) is 14.6 Å². The van der Waals surface area contributed by atoms with Crippen LogP contribution in [0.4, 0.5) is 0 Å². The maximum Gasteiger partial charge on any atom is 0.335 e. The number of carboxylic acid groups (broad SMARTS) is 1. The number of hydrogen-bond acceptors (Lipinski definition) is 3. The zero-order chi connectivity index (χ0) is 14.8. The van der Waals surface area contributed by atoms with Crippen molar-refractivity contribution in [3.05, 3.63) is 35.9 Å². The molecular weight excluding hydrogens is 276 g/mol. The summed E-state index contributed by atoms with van der Waals surface area (Å²) in [6, 6.07) is 6.03. The molecular formula is C15H18O4S. The summed E-state index contributed by atoms with van der Waals surface area (Å²) in [5, 5.41) is 9.33. The smallest absolute Gasteiger partial charge is 0.335 e. The molecule has 0 aromatic heterocycles. The Balaban J connectivity index is 2.33. The normalized spacial score (nSPS) is 17.4. The lowest BCUT2D eigenvalue weighted by atomic mass is 9.99. The molecule has 108 valence electrons. The summed E-state index contributed by atoms with van der Waals surface area (Å²) in [5.41, 5.74) is 0.814. The molecule has 0 bridgehead atoms. The highest BCUT2D eigenvalue weighted by Crippen LogP contribution is 2.29. The molecule has 0 radical (unpaired) electrons. The molecule has 0 unspecified atom stereocenters. The first kappa shape index (κ1) is 14.8. The van der Waals surface area contributed by atoms with Gasteiger partial charge in [-0.25, -0.2) is 13.2 Å². The van der Waals surface area contributed by atoms with E-state index in [1.807, 2.05) is 6.08 Å². The van der Waals surface area contributed by atoms with E-state index >= 15 is 0 Å². The Morgan fingerprint density at radius 2 is 1.75 bits per heavy atom. The number of rotatable bonds is 4. The Hall–Kier alpha value is -1.62. The van der Waals surface area contributed by atoms with E-state index in [-0.39, 0.29) is 10.5 Å². The van der Waals surface area contributed by atoms with Crippen molar-refractivity contribution in [1.29, 1.82) is 0 Å². The van der Waals surface area contributed by atoms with Crippen molar-refractivity contribution < 1.29 is 18.3 Å². The van der Waals surface area contributed by atoms with Crippen molar-refractivity contribution in [2.24, 2.45) is 5.92 Å². The van der Waals surface area contributed by atoms with Crippen molar-refractivity contribution >= 4 is 21.4 Å². The van der Waals surface area contributed by atoms with Crippen LogP contribution in [0.25, 0.3) is 5.57 Å². The van der Waals surface area contributed by atoms with Gasteiger partial charge in [0.05, 0.1) is 10.5 Å². The molecule has 1 aliphatic carbocycles. The fourth-order valence-electron chi connectivity index (χ4n) is 2.53. The summed E-state index contributed by atoms with van der Waals surface area (Å²) in [6.45, 7) is 0. The molecule has 1 saturated carbocycles. The van der Waals surface area contributed by atoms with E-state index in [1.54, 1.807) is 12.1 Å². The molecule has 0 heterocycles. The Labute approximate surface area is 119 Å². The highest BCUT2D eigenvalue weighted by atomic mass is 32.2. The molecule has 20 heavy (non-hydrogen) atoms. The zero-order valence-corrected chi connectivity index (χ0v) is 12.2. The third-order valence-corrected chi connectivity index (χ3v) is 4.75. The van der Waals surface area contributed by atoms with Crippen LogP contribution in [0.2, 0.25) is 0 Å². The molecule has 0 spiro atoms. The number of benzene rings is 1. The summed E-state index contributed by atoms with van der Waals surface area (Å²) in [4.78, 5) is 11.6. The topological polar surface area (TPSA) is 71.4 Å². The van der Waals surface area contributed by atoms with E-state index in [0.717, 1.165) is 31.9 Å². The number of carbonyl (C=O) groups is 1. The molecule has 0 amide bonds. The SMILES string of the molecule is CS(=O)(=O)c1ccc(C(=CC2CCCC2)C(=O)O)cc1. The molecule has 0 aliphatic heterocycles. The highest BCUT2D eigenvalue weighted by Gasteiger charge is 2.18. The minimum Gasteiger partial charge on any atom is -0.478 e. The van der Waals surface area contributed by atoms with E-state index in [4.69, 9.17) is 0 Å². The number of carboxylic acids is 1. The molecule has 1 aromatic carbocycles. The third-order valence-electron chi connectivity index (χ3n) is 3.63. The van der Waals surface area contributed by atoms with Crippen LogP contribution >= 0.6 is 0 Å². The molecule has 1 fully saturated rings. The summed E-state index contributed by atoms with van der Waals surface area (Å²) >= 11 is 0. The summed E-state index contributed by atoms with van der Waals surface area (Å²) in [5.74, 6) is -0.653. The van der Waals surface area contributed by atoms with Gasteiger partial charge in [0.1, 0.15) is 0 Å². The van der Waals surface area contributed by atoms with Gasteiger partial charge in [-0.15, -0.1) is 0 Å². The van der Waals surface area contributed by atoms with Gasteiger partial charge in [0.2, 0.25) is 0 Å². The molecule has 0 atom stereocenters. The Morgan fingerprint density at radius 3 is 2.20 bits per heavy atom. The largest absolute Gasteiger partial charge is 0.478 e. The first-order valence-corrected chi connectivity index (χ1v) is 8.52. The molecule has 2 rings (SSSR count). The monoisotopic (exact) mass is 294 g/mol. The summed E-state index contributed by atoms with van der Waals surface area (Å²) in [7, 11) is -3.25. The van der Waals surface area contributed by atoms with Crippen LogP contribution in [0.15, 0.2) is 35.2 Å². The van der Waals surface area contributed by atoms with Crippen molar-refractivity contribution in [2.75, 3.05) is 6.26 Å². The van der Waals surface area contributed by atoms with Gasteiger partial charge in [-0.05, 0) is 36.5 Å². The Kier molecular flexibility index (Phi) is 4.28. The molecule has 1 aromatic rings. The fraction of sp³-hybridized carbons (Fsp3) is 0.400. The van der Waals surface area contributed by atoms with Crippen molar-refractivity contribution in [3.8, 4) is 0 Å². The predicted octanol–water partition coefficient (Wildman–Crippen LogP) is 2.75.